The number of carbonyl (C=O) groups excluding carboxylic acids is 6. The molecule has 1 saturated carbocycles. The third-order valence-electron chi connectivity index (χ3n) is 9.64. The van der Waals surface area contributed by atoms with Gasteiger partial charge in [-0.1, -0.05) is 34.6 Å². The van der Waals surface area contributed by atoms with E-state index in [4.69, 9.17) is 5.73 Å². The van der Waals surface area contributed by atoms with Crippen molar-refractivity contribution in [2.24, 2.45) is 33.8 Å². The Bertz CT molecular complexity index is 1180. The number of halogens is 3. The molecule has 5 amide bonds. The molecule has 0 bridgehead atoms. The van der Waals surface area contributed by atoms with Crippen LogP contribution in [-0.2, 0) is 28.8 Å². The van der Waals surface area contributed by atoms with Crippen LogP contribution in [0.4, 0.5) is 13.2 Å². The number of primary amides is 1. The number of hydrogen-bond donors (Lipinski definition) is 2. The van der Waals surface area contributed by atoms with Gasteiger partial charge in [-0.05, 0) is 29.6 Å². The van der Waals surface area contributed by atoms with Crippen molar-refractivity contribution in [3.05, 3.63) is 0 Å². The van der Waals surface area contributed by atoms with Gasteiger partial charge >= 0.3 is 12.1 Å². The van der Waals surface area contributed by atoms with Crippen molar-refractivity contribution in [2.75, 3.05) is 32.7 Å². The Hall–Kier alpha value is -3.19. The van der Waals surface area contributed by atoms with Crippen molar-refractivity contribution in [3.63, 3.8) is 0 Å². The molecule has 0 radical (unpaired) electrons. The summed E-state index contributed by atoms with van der Waals surface area (Å²) >= 11 is 0. The summed E-state index contributed by atoms with van der Waals surface area (Å²) in [5, 5.41) is 1.77. The monoisotopic (exact) mass is 585 g/mol. The topological polar surface area (TPSA) is 150 Å². The van der Waals surface area contributed by atoms with Gasteiger partial charge in [0.25, 0.3) is 5.91 Å². The first-order valence-electron chi connectivity index (χ1n) is 13.9. The molecule has 4 fully saturated rings. The third-order valence-corrected chi connectivity index (χ3v) is 9.64. The molecule has 3 unspecified atom stereocenters. The lowest BCUT2D eigenvalue weighted by molar-refractivity contribution is -0.176. The summed E-state index contributed by atoms with van der Waals surface area (Å²) in [6, 6.07) is -3.13. The van der Waals surface area contributed by atoms with E-state index in [0.717, 1.165) is 11.3 Å². The van der Waals surface area contributed by atoms with Gasteiger partial charge < -0.3 is 25.8 Å². The van der Waals surface area contributed by atoms with Crippen LogP contribution >= 0.6 is 0 Å². The number of likely N-dealkylation sites (tertiary alicyclic amines) is 3. The molecular weight excluding hydrogens is 547 g/mol. The van der Waals surface area contributed by atoms with E-state index < -0.39 is 75.8 Å². The molecule has 1 aliphatic carbocycles. The predicted molar refractivity (Wildman–Crippen MR) is 137 cm³/mol. The summed E-state index contributed by atoms with van der Waals surface area (Å²) < 4.78 is 39.5. The number of nitrogens with zero attached hydrogens (tertiary/aromatic N) is 3. The number of ketones is 1. The van der Waals surface area contributed by atoms with Gasteiger partial charge in [-0.2, -0.15) is 13.2 Å². The largest absolute Gasteiger partial charge is 0.471 e. The Morgan fingerprint density at radius 1 is 1.05 bits per heavy atom. The second-order valence-electron chi connectivity index (χ2n) is 13.3. The fourth-order valence-corrected chi connectivity index (χ4v) is 7.33. The van der Waals surface area contributed by atoms with Crippen LogP contribution in [0.2, 0.25) is 0 Å². The zero-order valence-corrected chi connectivity index (χ0v) is 24.0. The van der Waals surface area contributed by atoms with E-state index in [-0.39, 0.29) is 25.4 Å². The number of nitrogens with one attached hydrogen (secondary N) is 1. The highest BCUT2D eigenvalue weighted by atomic mass is 19.4. The molecule has 3 N–H and O–H groups in total. The zero-order chi connectivity index (χ0) is 30.9. The highest BCUT2D eigenvalue weighted by molar-refractivity contribution is 6.37. The summed E-state index contributed by atoms with van der Waals surface area (Å²) in [6.45, 7) is 8.90. The number of amides is 5. The Kier molecular flexibility index (Phi) is 7.48. The maximum Gasteiger partial charge on any atom is 0.471 e. The number of piperidine rings is 1. The number of nitrogens with two attached hydrogens (primary N) is 1. The van der Waals surface area contributed by atoms with Crippen molar-refractivity contribution < 1.29 is 41.9 Å². The minimum absolute atomic E-state index is 0.121. The van der Waals surface area contributed by atoms with Crippen molar-refractivity contribution in [3.8, 4) is 0 Å². The van der Waals surface area contributed by atoms with Crippen molar-refractivity contribution in [1.82, 2.24) is 20.0 Å². The molecule has 3 saturated heterocycles. The number of hydrogen-bond acceptors (Lipinski definition) is 6. The second-order valence-corrected chi connectivity index (χ2v) is 13.3. The highest BCUT2D eigenvalue weighted by Gasteiger charge is 2.84. The van der Waals surface area contributed by atoms with Crippen molar-refractivity contribution in [2.45, 2.75) is 72.1 Å². The van der Waals surface area contributed by atoms with E-state index in [1.54, 1.807) is 19.2 Å². The smallest absolute Gasteiger partial charge is 0.368 e. The predicted octanol–water partition coefficient (Wildman–Crippen LogP) is 0.458. The SMILES string of the molecule is CC(C)(C)[C@H](NC(=O)C(F)(F)F)C(=O)N1CC2C(C)(C)C2([C@@H](CN2CCCC2=O)C(=O)C(=O)N2CCC2)C1C(N)=O. The maximum absolute atomic E-state index is 13.9. The van der Waals surface area contributed by atoms with E-state index in [9.17, 15) is 41.9 Å². The standard InChI is InChI=1S/C27H38F3N5O6/c1-24(2,3)18(32-23(41)27(28,29)30)22(40)35-13-15-25(4,5)26(15,19(35)20(31)38)14(12-34-9-6-8-16(34)36)17(37)21(39)33-10-7-11-33/h14-15,18-19H,6-13H2,1-5H3,(H2,31,38)(H,32,41)/t14-,15?,18+,19?,26?/m0/s1. The summed E-state index contributed by atoms with van der Waals surface area (Å²) in [6.07, 6.45) is -3.68. The van der Waals surface area contributed by atoms with Crippen LogP contribution in [0, 0.1) is 28.1 Å². The molecule has 228 valence electrons. The van der Waals surface area contributed by atoms with Gasteiger partial charge in [-0.15, -0.1) is 0 Å². The lowest BCUT2D eigenvalue weighted by Crippen LogP contribution is -2.63. The van der Waals surface area contributed by atoms with E-state index >= 15 is 0 Å². The average Bonchev–Trinajstić information content (AvgIpc) is 3.16. The van der Waals surface area contributed by atoms with Crippen LogP contribution in [0.3, 0.4) is 0 Å². The Morgan fingerprint density at radius 2 is 1.66 bits per heavy atom. The maximum atomic E-state index is 13.9. The number of alkyl halides is 3. The van der Waals surface area contributed by atoms with Crippen LogP contribution in [0.15, 0.2) is 0 Å². The zero-order valence-electron chi connectivity index (χ0n) is 24.0. The molecule has 41 heavy (non-hydrogen) atoms. The lowest BCUT2D eigenvalue weighted by Gasteiger charge is -2.42. The molecule has 14 heteroatoms. The third kappa shape index (κ3) is 4.86. The first kappa shape index (κ1) is 30.8. The molecule has 0 aromatic carbocycles. The normalized spacial score (nSPS) is 28.5. The minimum Gasteiger partial charge on any atom is -0.368 e. The van der Waals surface area contributed by atoms with Crippen LogP contribution < -0.4 is 11.1 Å². The lowest BCUT2D eigenvalue weighted by atomic mass is 9.73. The van der Waals surface area contributed by atoms with Gasteiger partial charge in [0.05, 0.1) is 5.92 Å². The van der Waals surface area contributed by atoms with Gasteiger partial charge in [-0.3, -0.25) is 28.8 Å². The van der Waals surface area contributed by atoms with E-state index in [0.29, 0.717) is 26.1 Å². The number of carbonyl (C=O) groups is 6. The molecule has 4 aliphatic rings. The molecule has 0 aromatic rings. The van der Waals surface area contributed by atoms with Gasteiger partial charge in [0.2, 0.25) is 23.5 Å². The van der Waals surface area contributed by atoms with E-state index in [1.807, 2.05) is 0 Å². The van der Waals surface area contributed by atoms with Crippen LogP contribution in [0.5, 0.6) is 0 Å². The fraction of sp³-hybridized carbons (Fsp3) is 0.778. The fourth-order valence-electron chi connectivity index (χ4n) is 7.33. The second kappa shape index (κ2) is 9.97. The molecule has 11 nitrogen and oxygen atoms in total. The summed E-state index contributed by atoms with van der Waals surface area (Å²) in [5.41, 5.74) is 2.57. The molecule has 3 heterocycles. The first-order chi connectivity index (χ1) is 18.8. The average molecular weight is 586 g/mol. The van der Waals surface area contributed by atoms with Gasteiger partial charge in [0, 0.05) is 44.6 Å². The Morgan fingerprint density at radius 3 is 2.10 bits per heavy atom. The van der Waals surface area contributed by atoms with E-state index in [1.165, 1.54) is 30.6 Å². The molecule has 0 spiro atoms. The summed E-state index contributed by atoms with van der Waals surface area (Å²) in [4.78, 5) is 82.6. The highest BCUT2D eigenvalue weighted by Crippen LogP contribution is 2.78. The van der Waals surface area contributed by atoms with Crippen molar-refractivity contribution in [1.29, 1.82) is 0 Å². The molecule has 0 aromatic heterocycles. The summed E-state index contributed by atoms with van der Waals surface area (Å²) in [7, 11) is 0. The number of rotatable bonds is 8. The number of Topliss-reactive ketones (excluding diaryl/α,β-unsaturated/α-hetero) is 1. The van der Waals surface area contributed by atoms with Crippen LogP contribution in [-0.4, -0.2) is 101 Å². The number of fused-ring (bicyclic) bond motifs is 1. The van der Waals surface area contributed by atoms with Gasteiger partial charge in [0.15, 0.2) is 0 Å². The van der Waals surface area contributed by atoms with Gasteiger partial charge in [-0.25, -0.2) is 0 Å². The molecule has 4 rings (SSSR count). The van der Waals surface area contributed by atoms with Crippen LogP contribution in [0.25, 0.3) is 0 Å². The van der Waals surface area contributed by atoms with Gasteiger partial charge in [0.1, 0.15) is 12.1 Å². The van der Waals surface area contributed by atoms with E-state index in [2.05, 4.69) is 0 Å². The quantitative estimate of drug-likeness (QED) is 0.395. The summed E-state index contributed by atoms with van der Waals surface area (Å²) in [5.74, 6) is -7.64. The molecule has 5 atom stereocenters. The Labute approximate surface area is 236 Å². The van der Waals surface area contributed by atoms with Crippen molar-refractivity contribution >= 4 is 35.3 Å². The first-order valence-corrected chi connectivity index (χ1v) is 13.9. The Balaban J connectivity index is 1.76. The molecular formula is C27H38F3N5O6. The minimum atomic E-state index is -5.25. The molecule has 3 aliphatic heterocycles. The van der Waals surface area contributed by atoms with Crippen LogP contribution in [0.1, 0.15) is 53.9 Å².